The minimum atomic E-state index is -0.166. The number of hydrazine groups is 1. The molecule has 4 saturated heterocycles. The number of pyridine rings is 1. The largest absolute Gasteiger partial charge is 0.507 e. The van der Waals surface area contributed by atoms with Gasteiger partial charge in [-0.15, -0.1) is 31.3 Å². The number of nitrogens with two attached hydrogens (primary N) is 1. The van der Waals surface area contributed by atoms with E-state index < -0.39 is 0 Å². The summed E-state index contributed by atoms with van der Waals surface area (Å²) in [5.41, 5.74) is 13.1. The molecule has 3 amide bonds. The number of phenols is 3. The molecule has 11 N–H and O–H groups in total. The summed E-state index contributed by atoms with van der Waals surface area (Å²) in [5.74, 6) is 5.40. The third-order valence-corrected chi connectivity index (χ3v) is 14.9. The molecular weight excluding hydrogens is 1230 g/mol. The summed E-state index contributed by atoms with van der Waals surface area (Å²) in [4.78, 5) is 71.2. The van der Waals surface area contributed by atoms with Crippen molar-refractivity contribution in [2.24, 2.45) is 16.0 Å². The minimum absolute atomic E-state index is 0. The first kappa shape index (κ1) is 80.7. The van der Waals surface area contributed by atoms with Crippen molar-refractivity contribution in [1.82, 2.24) is 61.7 Å². The number of hydrogen-bond acceptors (Lipinski definition) is 21. The molecule has 0 atom stereocenters. The first-order valence-corrected chi connectivity index (χ1v) is 32.0. The lowest BCUT2D eigenvalue weighted by atomic mass is 10.1. The Balaban J connectivity index is 0.000000314. The molecule has 0 saturated carbocycles. The monoisotopic (exact) mass is 1330 g/mol. The van der Waals surface area contributed by atoms with Crippen LogP contribution in [0.4, 0.5) is 0 Å². The molecule has 95 heavy (non-hydrogen) atoms. The molecule has 24 nitrogen and oxygen atoms in total. The second-order valence-electron chi connectivity index (χ2n) is 21.7. The van der Waals surface area contributed by atoms with Crippen molar-refractivity contribution in [2.45, 2.75) is 46.0 Å². The van der Waals surface area contributed by atoms with Crippen molar-refractivity contribution < 1.29 is 44.0 Å². The number of hydrogen-bond donors (Lipinski definition) is 10. The summed E-state index contributed by atoms with van der Waals surface area (Å²) < 4.78 is 4.84. The molecule has 0 aliphatic carbocycles. The van der Waals surface area contributed by atoms with Crippen LogP contribution < -0.4 is 38.1 Å². The predicted octanol–water partition coefficient (Wildman–Crippen LogP) is 4.59. The maximum Gasteiger partial charge on any atom is 0.320 e. The van der Waals surface area contributed by atoms with Gasteiger partial charge in [-0.2, -0.15) is 10.2 Å². The Labute approximate surface area is 566 Å². The molecule has 25 heteroatoms. The molecule has 1 aromatic heterocycles. The summed E-state index contributed by atoms with van der Waals surface area (Å²) >= 11 is 5.53. The second-order valence-corrected chi connectivity index (χ2v) is 22.0. The number of halogens is 1. The van der Waals surface area contributed by atoms with Crippen LogP contribution in [0.2, 0.25) is 0 Å². The van der Waals surface area contributed by atoms with Crippen LogP contribution in [0.1, 0.15) is 63.8 Å². The van der Waals surface area contributed by atoms with Crippen LogP contribution in [-0.4, -0.2) is 225 Å². The lowest BCUT2D eigenvalue weighted by Crippen LogP contribution is -2.48. The Morgan fingerprint density at radius 2 is 0.958 bits per heavy atom. The van der Waals surface area contributed by atoms with E-state index in [1.165, 1.54) is 18.0 Å². The fraction of sp³-hybridized carbons (Fsp3) is 0.400. The van der Waals surface area contributed by atoms with Crippen molar-refractivity contribution >= 4 is 54.0 Å². The maximum atomic E-state index is 12.2. The average Bonchev–Trinajstić information content (AvgIpc) is 1.07. The Hall–Kier alpha value is -8.53. The van der Waals surface area contributed by atoms with Gasteiger partial charge in [-0.1, -0.05) is 98.5 Å². The maximum absolute atomic E-state index is 12.2. The average molecular weight is 1330 g/mol. The number of benzene rings is 4. The van der Waals surface area contributed by atoms with Crippen molar-refractivity contribution in [3.8, 4) is 17.2 Å². The molecule has 0 unspecified atom stereocenters. The molecule has 9 rings (SSSR count). The highest BCUT2D eigenvalue weighted by Gasteiger charge is 2.20. The minimum Gasteiger partial charge on any atom is -0.507 e. The van der Waals surface area contributed by atoms with Crippen molar-refractivity contribution in [1.29, 1.82) is 0 Å². The molecule has 0 spiro atoms. The number of phenolic OH excluding ortho intramolecular Hbond substituents is 3. The number of nitrogens with one attached hydrogen (secondary N) is 6. The Morgan fingerprint density at radius 1 is 0.558 bits per heavy atom. The van der Waals surface area contributed by atoms with Crippen LogP contribution in [0.5, 0.6) is 17.2 Å². The summed E-state index contributed by atoms with van der Waals surface area (Å²) in [7, 11) is 0. The number of aldehydes is 1. The number of piperazine rings is 4. The molecule has 0 bridgehead atoms. The van der Waals surface area contributed by atoms with Crippen LogP contribution in [-0.2, 0) is 55.6 Å². The van der Waals surface area contributed by atoms with E-state index in [4.69, 9.17) is 22.2 Å². The van der Waals surface area contributed by atoms with Gasteiger partial charge in [0.15, 0.2) is 6.29 Å². The van der Waals surface area contributed by atoms with Gasteiger partial charge in [0.25, 0.3) is 11.8 Å². The molecule has 4 aliphatic rings. The standard InChI is InChI=1S/C22H27N5O2.C16H22N4O2.C10H10O2.C8H16N2O2.C7H7Cl.C6H14N4O.CH4/c1-2-6-18-7-5-8-19(22(18)29)15-24-25-21(28)17-27-13-11-26(12-14-27)16-20-9-3-4-10-23-20;1-2-4-13-5-3-6-14(16(13)22)11-18-19-15(21)12-20-9-7-17-8-10-20;1-2-4-8-5-3-6-9(7-11)10(8)12;1-2-12-8(11)7-10-5-3-9-4-6-10;8-6-7-4-2-1-3-5-7;7-9-6(11)5-10-3-1-8-2-4-10;/h2-5,7-10,15,29H,1,6,11-14,16-17H2,(H,25,28);2-3,5-6,11,17,22H,1,4,7-10,12H2,(H,19,21);2-3,5-7,12H,1,4H2;9H,2-7H2,1H3;1-5H,6H2;8H,1-5,7H2,(H,9,11);1H4/b24-15+;18-11+;;;;;. The number of hydrazone groups is 2. The number of para-hydroxylation sites is 3. The van der Waals surface area contributed by atoms with E-state index in [2.05, 4.69) is 91.7 Å². The quantitative estimate of drug-likeness (QED) is 0.00625. The van der Waals surface area contributed by atoms with E-state index in [1.54, 1.807) is 48.6 Å². The Bertz CT molecular complexity index is 3100. The second kappa shape index (κ2) is 49.1. The number of rotatable bonds is 23. The van der Waals surface area contributed by atoms with E-state index in [0.29, 0.717) is 80.9 Å². The first-order chi connectivity index (χ1) is 45.7. The lowest BCUT2D eigenvalue weighted by molar-refractivity contribution is -0.144. The normalized spacial score (nSPS) is 15.0. The van der Waals surface area contributed by atoms with Gasteiger partial charge in [0, 0.05) is 134 Å². The van der Waals surface area contributed by atoms with Gasteiger partial charge < -0.3 is 36.0 Å². The van der Waals surface area contributed by atoms with E-state index in [9.17, 15) is 39.3 Å². The van der Waals surface area contributed by atoms with Crippen LogP contribution in [0.15, 0.2) is 157 Å². The van der Waals surface area contributed by atoms with Gasteiger partial charge in [0.2, 0.25) is 5.91 Å². The summed E-state index contributed by atoms with van der Waals surface area (Å²) in [6.07, 6.45) is 12.3. The highest BCUT2D eigenvalue weighted by Crippen LogP contribution is 2.23. The van der Waals surface area contributed by atoms with Crippen molar-refractivity contribution in [2.75, 3.05) is 138 Å². The number of aromatic nitrogens is 1. The zero-order valence-electron chi connectivity index (χ0n) is 54.2. The first-order valence-electron chi connectivity index (χ1n) is 31.5. The molecular formula is C70H100ClN15O9. The smallest absolute Gasteiger partial charge is 0.320 e. The topological polar surface area (TPSA) is 307 Å². The third-order valence-electron chi connectivity index (χ3n) is 14.6. The molecule has 5 heterocycles. The van der Waals surface area contributed by atoms with Crippen LogP contribution in [0, 0.1) is 0 Å². The van der Waals surface area contributed by atoms with Gasteiger partial charge in [0.05, 0.1) is 56.5 Å². The summed E-state index contributed by atoms with van der Waals surface area (Å²) in [6.45, 7) is 30.1. The molecule has 4 aliphatic heterocycles. The molecule has 4 aromatic carbocycles. The zero-order chi connectivity index (χ0) is 68.0. The highest BCUT2D eigenvalue weighted by molar-refractivity contribution is 6.17. The van der Waals surface area contributed by atoms with Gasteiger partial charge in [-0.05, 0) is 78.8 Å². The predicted molar refractivity (Wildman–Crippen MR) is 378 cm³/mol. The van der Waals surface area contributed by atoms with Gasteiger partial charge >= 0.3 is 5.97 Å². The van der Waals surface area contributed by atoms with E-state index >= 15 is 0 Å². The number of amides is 3. The van der Waals surface area contributed by atoms with Gasteiger partial charge in [0.1, 0.15) is 17.2 Å². The number of nitrogens with zero attached hydrogens (tertiary/aromatic N) is 8. The number of aromatic hydroxyl groups is 3. The van der Waals surface area contributed by atoms with Crippen LogP contribution in [0.25, 0.3) is 0 Å². The molecule has 0 radical (unpaired) electrons. The van der Waals surface area contributed by atoms with E-state index in [0.717, 1.165) is 134 Å². The fourth-order valence-corrected chi connectivity index (χ4v) is 9.74. The number of esters is 1. The van der Waals surface area contributed by atoms with Crippen molar-refractivity contribution in [3.63, 3.8) is 0 Å². The van der Waals surface area contributed by atoms with E-state index in [1.807, 2.05) is 85.9 Å². The molecule has 5 aromatic rings. The SMILES string of the molecule is C.C=CCc1cccc(/C=N/NC(=O)CN2CCN(Cc3ccccn3)CC2)c1O.C=CCc1cccc(/C=N/NC(=O)CN2CCNCC2)c1O.C=CCc1cccc(C=O)c1O.CCOC(=O)CN1CCNCC1.ClCc1ccccc1.NNC(=O)CN1CCNCC1. The van der Waals surface area contributed by atoms with Crippen LogP contribution >= 0.6 is 11.6 Å². The molecule has 4 fully saturated rings. The number of carbonyl (C=O) groups excluding carboxylic acids is 5. The Morgan fingerprint density at radius 3 is 1.35 bits per heavy atom. The number of carbonyl (C=O) groups is 5. The van der Waals surface area contributed by atoms with E-state index in [-0.39, 0.29) is 48.4 Å². The lowest BCUT2D eigenvalue weighted by Gasteiger charge is -2.33. The van der Waals surface area contributed by atoms with Crippen molar-refractivity contribution in [3.05, 3.63) is 192 Å². The number of allylic oxidation sites excluding steroid dienone is 3. The van der Waals surface area contributed by atoms with Crippen LogP contribution in [0.3, 0.4) is 0 Å². The summed E-state index contributed by atoms with van der Waals surface area (Å²) in [6, 6.07) is 31.8. The highest BCUT2D eigenvalue weighted by atomic mass is 35.5. The number of alkyl halides is 1. The van der Waals surface area contributed by atoms with Gasteiger partial charge in [-0.3, -0.25) is 58.9 Å². The fourth-order valence-electron chi connectivity index (χ4n) is 9.56. The molecule has 516 valence electrons. The Kier molecular flexibility index (Phi) is 41.7. The number of ether oxygens (including phenoxy) is 1. The van der Waals surface area contributed by atoms with Gasteiger partial charge in [-0.25, -0.2) is 16.7 Å². The zero-order valence-corrected chi connectivity index (χ0v) is 54.9. The third kappa shape index (κ3) is 33.4. The summed E-state index contributed by atoms with van der Waals surface area (Å²) in [5, 5.41) is 47.3.